The van der Waals surface area contributed by atoms with Gasteiger partial charge in [-0.15, -0.1) is 0 Å². The van der Waals surface area contributed by atoms with Crippen LogP contribution in [0.25, 0.3) is 0 Å². The van der Waals surface area contributed by atoms with E-state index in [1.54, 1.807) is 18.2 Å². The van der Waals surface area contributed by atoms with Gasteiger partial charge in [-0.2, -0.15) is 5.10 Å². The lowest BCUT2D eigenvalue weighted by molar-refractivity contribution is 0.0705. The molecular formula is C13H24N4O2. The molecule has 0 aromatic carbocycles. The predicted octanol–water partition coefficient (Wildman–Crippen LogP) is 0.649. The van der Waals surface area contributed by atoms with E-state index < -0.39 is 0 Å². The van der Waals surface area contributed by atoms with Gasteiger partial charge in [-0.1, -0.05) is 0 Å². The first-order chi connectivity index (χ1) is 9.15. The van der Waals surface area contributed by atoms with Gasteiger partial charge in [0, 0.05) is 32.4 Å². The summed E-state index contributed by atoms with van der Waals surface area (Å²) in [6.45, 7) is 7.05. The quantitative estimate of drug-likeness (QED) is 0.751. The fourth-order valence-electron chi connectivity index (χ4n) is 1.90. The molecule has 0 bridgehead atoms. The van der Waals surface area contributed by atoms with E-state index in [1.807, 2.05) is 18.5 Å². The Morgan fingerprint density at radius 2 is 2.32 bits per heavy atom. The number of rotatable bonds is 8. The van der Waals surface area contributed by atoms with Crippen molar-refractivity contribution in [3.05, 3.63) is 17.5 Å². The fourth-order valence-corrected chi connectivity index (χ4v) is 1.90. The number of carbonyl (C=O) groups is 1. The number of amides is 1. The summed E-state index contributed by atoms with van der Waals surface area (Å²) < 4.78 is 6.86. The average molecular weight is 268 g/mol. The summed E-state index contributed by atoms with van der Waals surface area (Å²) in [5.74, 6) is 0.0102. The van der Waals surface area contributed by atoms with Crippen LogP contribution in [0.1, 0.15) is 29.4 Å². The third kappa shape index (κ3) is 4.04. The van der Waals surface area contributed by atoms with E-state index in [9.17, 15) is 4.79 Å². The number of ether oxygens (including phenoxy) is 1. The smallest absolute Gasteiger partial charge is 0.257 e. The van der Waals surface area contributed by atoms with Gasteiger partial charge in [-0.05, 0) is 26.8 Å². The monoisotopic (exact) mass is 268 g/mol. The molecule has 0 spiro atoms. The predicted molar refractivity (Wildman–Crippen MR) is 74.1 cm³/mol. The molecule has 0 atom stereocenters. The number of hydrogen-bond donors (Lipinski definition) is 1. The van der Waals surface area contributed by atoms with E-state index in [2.05, 4.69) is 5.10 Å². The second-order valence-corrected chi connectivity index (χ2v) is 4.39. The van der Waals surface area contributed by atoms with Crippen LogP contribution in [-0.4, -0.2) is 53.9 Å². The van der Waals surface area contributed by atoms with Gasteiger partial charge in [0.2, 0.25) is 0 Å². The van der Waals surface area contributed by atoms with Crippen molar-refractivity contribution in [1.29, 1.82) is 0 Å². The van der Waals surface area contributed by atoms with Gasteiger partial charge in [0.05, 0.1) is 18.4 Å². The summed E-state index contributed by atoms with van der Waals surface area (Å²) in [4.78, 5) is 14.1. The van der Waals surface area contributed by atoms with Crippen molar-refractivity contribution in [2.75, 3.05) is 33.4 Å². The van der Waals surface area contributed by atoms with Crippen molar-refractivity contribution in [3.63, 3.8) is 0 Å². The molecule has 0 unspecified atom stereocenters. The summed E-state index contributed by atoms with van der Waals surface area (Å²) in [5, 5.41) is 4.25. The van der Waals surface area contributed by atoms with Crippen molar-refractivity contribution in [3.8, 4) is 0 Å². The van der Waals surface area contributed by atoms with Crippen LogP contribution in [0.5, 0.6) is 0 Å². The summed E-state index contributed by atoms with van der Waals surface area (Å²) >= 11 is 0. The molecule has 0 aliphatic carbocycles. The molecule has 1 aromatic rings. The largest absolute Gasteiger partial charge is 0.383 e. The third-order valence-corrected chi connectivity index (χ3v) is 3.14. The molecule has 0 radical (unpaired) electrons. The van der Waals surface area contributed by atoms with E-state index in [-0.39, 0.29) is 5.91 Å². The summed E-state index contributed by atoms with van der Waals surface area (Å²) in [5.41, 5.74) is 7.05. The number of methoxy groups -OCH3 is 1. The number of aryl methyl sites for hydroxylation is 1. The Morgan fingerprint density at radius 1 is 1.58 bits per heavy atom. The number of likely N-dealkylation sites (N-methyl/N-ethyl adjacent to an activating group) is 1. The Balaban J connectivity index is 2.77. The molecule has 0 saturated carbocycles. The van der Waals surface area contributed by atoms with E-state index in [1.165, 1.54) is 0 Å². The maximum absolute atomic E-state index is 12.4. The Labute approximate surface area is 114 Å². The Kier molecular flexibility index (Phi) is 6.52. The molecular weight excluding hydrogens is 244 g/mol. The molecule has 1 rings (SSSR count). The van der Waals surface area contributed by atoms with Crippen molar-refractivity contribution in [2.24, 2.45) is 5.73 Å². The average Bonchev–Trinajstić information content (AvgIpc) is 2.78. The zero-order valence-corrected chi connectivity index (χ0v) is 12.1. The lowest BCUT2D eigenvalue weighted by atomic mass is 10.2. The Hall–Kier alpha value is -1.40. The summed E-state index contributed by atoms with van der Waals surface area (Å²) in [6.07, 6.45) is 2.50. The molecule has 108 valence electrons. The molecule has 0 aliphatic rings. The highest BCUT2D eigenvalue weighted by atomic mass is 16.5. The van der Waals surface area contributed by atoms with Crippen LogP contribution >= 0.6 is 0 Å². The highest BCUT2D eigenvalue weighted by molar-refractivity contribution is 5.95. The molecule has 0 fully saturated rings. The van der Waals surface area contributed by atoms with Gasteiger partial charge >= 0.3 is 0 Å². The molecule has 0 aliphatic heterocycles. The Morgan fingerprint density at radius 3 is 2.89 bits per heavy atom. The number of carbonyl (C=O) groups excluding carboxylic acids is 1. The van der Waals surface area contributed by atoms with E-state index in [0.29, 0.717) is 31.8 Å². The number of hydrogen-bond acceptors (Lipinski definition) is 4. The van der Waals surface area contributed by atoms with Crippen LogP contribution in [0.3, 0.4) is 0 Å². The second-order valence-electron chi connectivity index (χ2n) is 4.39. The van der Waals surface area contributed by atoms with Crippen molar-refractivity contribution in [2.45, 2.75) is 26.8 Å². The molecule has 19 heavy (non-hydrogen) atoms. The van der Waals surface area contributed by atoms with Crippen molar-refractivity contribution < 1.29 is 9.53 Å². The minimum atomic E-state index is 0.0102. The SMILES string of the molecule is CCN(CCOC)C(=O)c1cnn(CCCN)c1C. The lowest BCUT2D eigenvalue weighted by Crippen LogP contribution is -2.34. The van der Waals surface area contributed by atoms with Gasteiger partial charge in [0.1, 0.15) is 0 Å². The van der Waals surface area contributed by atoms with Crippen molar-refractivity contribution >= 4 is 5.91 Å². The molecule has 0 saturated heterocycles. The van der Waals surface area contributed by atoms with E-state index in [4.69, 9.17) is 10.5 Å². The molecule has 1 aromatic heterocycles. The number of nitrogens with zero attached hydrogens (tertiary/aromatic N) is 3. The van der Waals surface area contributed by atoms with E-state index in [0.717, 1.165) is 18.7 Å². The first-order valence-corrected chi connectivity index (χ1v) is 6.66. The normalized spacial score (nSPS) is 10.7. The first-order valence-electron chi connectivity index (χ1n) is 6.66. The zero-order chi connectivity index (χ0) is 14.3. The van der Waals surface area contributed by atoms with Crippen LogP contribution in [0, 0.1) is 6.92 Å². The van der Waals surface area contributed by atoms with Crippen LogP contribution < -0.4 is 5.73 Å². The molecule has 1 amide bonds. The molecule has 6 heteroatoms. The maximum atomic E-state index is 12.4. The van der Waals surface area contributed by atoms with Gasteiger partial charge in [-0.25, -0.2) is 0 Å². The molecule has 2 N–H and O–H groups in total. The number of nitrogens with two attached hydrogens (primary N) is 1. The van der Waals surface area contributed by atoms with Gasteiger partial charge in [0.15, 0.2) is 0 Å². The standard InChI is InChI=1S/C13H24N4O2/c1-4-16(8-9-19-3)13(18)12-10-15-17(11(12)2)7-5-6-14/h10H,4-9,14H2,1-3H3. The van der Waals surface area contributed by atoms with E-state index >= 15 is 0 Å². The minimum absolute atomic E-state index is 0.0102. The van der Waals surface area contributed by atoms with Gasteiger partial charge < -0.3 is 15.4 Å². The highest BCUT2D eigenvalue weighted by Gasteiger charge is 2.19. The second kappa shape index (κ2) is 7.91. The zero-order valence-electron chi connectivity index (χ0n) is 12.1. The Bertz CT molecular complexity index is 403. The third-order valence-electron chi connectivity index (χ3n) is 3.14. The first kappa shape index (κ1) is 15.7. The fraction of sp³-hybridized carbons (Fsp3) is 0.692. The maximum Gasteiger partial charge on any atom is 0.257 e. The molecule has 1 heterocycles. The topological polar surface area (TPSA) is 73.4 Å². The minimum Gasteiger partial charge on any atom is -0.383 e. The lowest BCUT2D eigenvalue weighted by Gasteiger charge is -2.20. The van der Waals surface area contributed by atoms with Crippen LogP contribution in [0.15, 0.2) is 6.20 Å². The van der Waals surface area contributed by atoms with Crippen LogP contribution in [-0.2, 0) is 11.3 Å². The highest BCUT2D eigenvalue weighted by Crippen LogP contribution is 2.11. The molecule has 6 nitrogen and oxygen atoms in total. The summed E-state index contributed by atoms with van der Waals surface area (Å²) in [6, 6.07) is 0. The summed E-state index contributed by atoms with van der Waals surface area (Å²) in [7, 11) is 1.63. The number of aromatic nitrogens is 2. The van der Waals surface area contributed by atoms with Gasteiger partial charge in [-0.3, -0.25) is 9.48 Å². The van der Waals surface area contributed by atoms with Crippen molar-refractivity contribution in [1.82, 2.24) is 14.7 Å². The van der Waals surface area contributed by atoms with Crippen LogP contribution in [0.2, 0.25) is 0 Å². The van der Waals surface area contributed by atoms with Gasteiger partial charge in [0.25, 0.3) is 5.91 Å². The van der Waals surface area contributed by atoms with Crippen LogP contribution in [0.4, 0.5) is 0 Å².